The van der Waals surface area contributed by atoms with Crippen LogP contribution in [-0.2, 0) is 13.1 Å². The molecule has 0 saturated carbocycles. The number of carbonyl (C=O) groups excluding carboxylic acids is 1. The van der Waals surface area contributed by atoms with Crippen LogP contribution in [0.1, 0.15) is 41.4 Å². The normalized spacial score (nSPS) is 10.7. The van der Waals surface area contributed by atoms with Crippen LogP contribution in [0.2, 0.25) is 5.02 Å². The molecule has 1 amide bonds. The predicted molar refractivity (Wildman–Crippen MR) is 118 cm³/mol. The Bertz CT molecular complexity index is 1030. The van der Waals surface area contributed by atoms with Gasteiger partial charge in [-0.25, -0.2) is 0 Å². The van der Waals surface area contributed by atoms with Crippen molar-refractivity contribution in [2.75, 3.05) is 6.54 Å². The van der Waals surface area contributed by atoms with Crippen molar-refractivity contribution in [3.05, 3.63) is 98.8 Å². The smallest absolute Gasteiger partial charge is 0.270 e. The number of aromatic nitrogens is 1. The lowest BCUT2D eigenvalue weighted by Gasteiger charge is -2.24. The Morgan fingerprint density at radius 3 is 2.67 bits per heavy atom. The summed E-state index contributed by atoms with van der Waals surface area (Å²) in [6, 6.07) is 17.5. The highest BCUT2D eigenvalue weighted by molar-refractivity contribution is 6.31. The van der Waals surface area contributed by atoms with Crippen LogP contribution in [0.4, 0.5) is 5.69 Å². The van der Waals surface area contributed by atoms with Crippen molar-refractivity contribution in [2.24, 2.45) is 0 Å². The molecule has 0 spiro atoms. The van der Waals surface area contributed by atoms with Crippen LogP contribution in [0.3, 0.4) is 0 Å². The van der Waals surface area contributed by atoms with Crippen molar-refractivity contribution in [2.45, 2.75) is 32.9 Å². The Morgan fingerprint density at radius 2 is 1.93 bits per heavy atom. The van der Waals surface area contributed by atoms with Gasteiger partial charge in [0.15, 0.2) is 0 Å². The van der Waals surface area contributed by atoms with Crippen molar-refractivity contribution in [1.29, 1.82) is 0 Å². The van der Waals surface area contributed by atoms with Crippen molar-refractivity contribution in [3.8, 4) is 0 Å². The van der Waals surface area contributed by atoms with E-state index in [0.717, 1.165) is 24.1 Å². The van der Waals surface area contributed by atoms with Gasteiger partial charge in [0, 0.05) is 47.7 Å². The molecule has 6 nitrogen and oxygen atoms in total. The molecule has 0 N–H and O–H groups in total. The maximum absolute atomic E-state index is 13.1. The Labute approximate surface area is 180 Å². The van der Waals surface area contributed by atoms with Crippen LogP contribution >= 0.6 is 11.6 Å². The van der Waals surface area contributed by atoms with Crippen molar-refractivity contribution in [1.82, 2.24) is 9.47 Å². The van der Waals surface area contributed by atoms with Gasteiger partial charge >= 0.3 is 0 Å². The van der Waals surface area contributed by atoms with Gasteiger partial charge in [0.1, 0.15) is 0 Å². The average Bonchev–Trinajstić information content (AvgIpc) is 3.19. The average molecular weight is 426 g/mol. The fraction of sp³-hybridized carbons (Fsp3) is 0.261. The van der Waals surface area contributed by atoms with Crippen LogP contribution in [0.5, 0.6) is 0 Å². The van der Waals surface area contributed by atoms with E-state index < -0.39 is 4.92 Å². The number of rotatable bonds is 9. The SMILES string of the molecule is CCCCN(Cc1cccn1Cc1ccccc1Cl)C(=O)c1cccc([N+](=O)[O-])c1. The largest absolute Gasteiger partial charge is 0.345 e. The van der Waals surface area contributed by atoms with E-state index in [0.29, 0.717) is 30.2 Å². The molecule has 3 aromatic rings. The zero-order valence-electron chi connectivity index (χ0n) is 16.8. The molecule has 2 aromatic carbocycles. The van der Waals surface area contributed by atoms with E-state index in [1.54, 1.807) is 17.0 Å². The number of nitro benzene ring substituents is 1. The second kappa shape index (κ2) is 10.1. The molecule has 0 unspecified atom stereocenters. The molecule has 0 saturated heterocycles. The molecule has 0 aliphatic heterocycles. The lowest BCUT2D eigenvalue weighted by atomic mass is 10.1. The van der Waals surface area contributed by atoms with Crippen molar-refractivity contribution < 1.29 is 9.72 Å². The maximum Gasteiger partial charge on any atom is 0.270 e. The molecule has 0 radical (unpaired) electrons. The Kier molecular flexibility index (Phi) is 7.25. The molecule has 30 heavy (non-hydrogen) atoms. The summed E-state index contributed by atoms with van der Waals surface area (Å²) in [5.41, 5.74) is 2.22. The predicted octanol–water partition coefficient (Wildman–Crippen LogP) is 5.54. The number of nitro groups is 1. The summed E-state index contributed by atoms with van der Waals surface area (Å²) >= 11 is 6.31. The fourth-order valence-corrected chi connectivity index (χ4v) is 3.48. The molecule has 0 atom stereocenters. The first-order chi connectivity index (χ1) is 14.5. The standard InChI is InChI=1S/C23H24ClN3O3/c1-2-3-13-26(23(28)18-9-6-10-20(15-18)27(29)30)17-21-11-7-14-25(21)16-19-8-4-5-12-22(19)24/h4-12,14-15H,2-3,13,16-17H2,1H3. The highest BCUT2D eigenvalue weighted by Gasteiger charge is 2.19. The summed E-state index contributed by atoms with van der Waals surface area (Å²) < 4.78 is 2.07. The van der Waals surface area contributed by atoms with E-state index in [-0.39, 0.29) is 11.6 Å². The quantitative estimate of drug-likeness (QED) is 0.334. The van der Waals surface area contributed by atoms with Gasteiger partial charge in [-0.1, -0.05) is 49.2 Å². The van der Waals surface area contributed by atoms with Gasteiger partial charge in [-0.3, -0.25) is 14.9 Å². The third-order valence-corrected chi connectivity index (χ3v) is 5.32. The second-order valence-corrected chi connectivity index (χ2v) is 7.51. The highest BCUT2D eigenvalue weighted by atomic mass is 35.5. The van der Waals surface area contributed by atoms with Crippen LogP contribution in [0, 0.1) is 10.1 Å². The van der Waals surface area contributed by atoms with E-state index in [4.69, 9.17) is 11.6 Å². The van der Waals surface area contributed by atoms with Gasteiger partial charge in [0.25, 0.3) is 11.6 Å². The molecule has 7 heteroatoms. The molecule has 0 aliphatic rings. The van der Waals surface area contributed by atoms with E-state index in [2.05, 4.69) is 11.5 Å². The summed E-state index contributed by atoms with van der Waals surface area (Å²) in [7, 11) is 0. The van der Waals surface area contributed by atoms with Gasteiger partial charge in [0.05, 0.1) is 11.5 Å². The summed E-state index contributed by atoms with van der Waals surface area (Å²) in [6.45, 7) is 3.67. The molecule has 0 bridgehead atoms. The molecule has 0 aliphatic carbocycles. The zero-order chi connectivity index (χ0) is 21.5. The number of nitrogens with zero attached hydrogens (tertiary/aromatic N) is 3. The monoisotopic (exact) mass is 425 g/mol. The minimum Gasteiger partial charge on any atom is -0.345 e. The van der Waals surface area contributed by atoms with Gasteiger partial charge in [-0.2, -0.15) is 0 Å². The van der Waals surface area contributed by atoms with Crippen molar-refractivity contribution in [3.63, 3.8) is 0 Å². The second-order valence-electron chi connectivity index (χ2n) is 7.11. The fourth-order valence-electron chi connectivity index (χ4n) is 3.29. The Balaban J connectivity index is 1.83. The highest BCUT2D eigenvalue weighted by Crippen LogP contribution is 2.20. The first-order valence-electron chi connectivity index (χ1n) is 9.90. The van der Waals surface area contributed by atoms with E-state index in [9.17, 15) is 14.9 Å². The van der Waals surface area contributed by atoms with E-state index in [1.807, 2.05) is 42.6 Å². The first kappa shape index (κ1) is 21.6. The summed E-state index contributed by atoms with van der Waals surface area (Å²) in [4.78, 5) is 25.5. The van der Waals surface area contributed by atoms with Gasteiger partial charge in [0.2, 0.25) is 0 Å². The van der Waals surface area contributed by atoms with Gasteiger partial charge < -0.3 is 9.47 Å². The molecular formula is C23H24ClN3O3. The Morgan fingerprint density at radius 1 is 1.13 bits per heavy atom. The number of amides is 1. The number of halogens is 1. The molecular weight excluding hydrogens is 402 g/mol. The number of unbranched alkanes of at least 4 members (excludes halogenated alkanes) is 1. The zero-order valence-corrected chi connectivity index (χ0v) is 17.6. The minimum absolute atomic E-state index is 0.0848. The minimum atomic E-state index is -0.484. The maximum atomic E-state index is 13.1. The van der Waals surface area contributed by atoms with Gasteiger partial charge in [-0.15, -0.1) is 0 Å². The van der Waals surface area contributed by atoms with Crippen molar-refractivity contribution >= 4 is 23.2 Å². The first-order valence-corrected chi connectivity index (χ1v) is 10.3. The number of hydrogen-bond donors (Lipinski definition) is 0. The lowest BCUT2D eigenvalue weighted by molar-refractivity contribution is -0.384. The molecule has 1 aromatic heterocycles. The molecule has 3 rings (SSSR count). The number of carbonyl (C=O) groups is 1. The Hall–Kier alpha value is -3.12. The topological polar surface area (TPSA) is 68.4 Å². The van der Waals surface area contributed by atoms with E-state index >= 15 is 0 Å². The molecule has 156 valence electrons. The lowest BCUT2D eigenvalue weighted by Crippen LogP contribution is -2.32. The van der Waals surface area contributed by atoms with Crippen LogP contribution in [0.15, 0.2) is 66.9 Å². The third kappa shape index (κ3) is 5.27. The number of benzene rings is 2. The van der Waals surface area contributed by atoms with Crippen LogP contribution in [-0.4, -0.2) is 26.8 Å². The number of hydrogen-bond acceptors (Lipinski definition) is 3. The third-order valence-electron chi connectivity index (χ3n) is 4.95. The number of non-ortho nitro benzene ring substituents is 1. The summed E-state index contributed by atoms with van der Waals surface area (Å²) in [5.74, 6) is -0.211. The molecule has 0 fully saturated rings. The van der Waals surface area contributed by atoms with Crippen LogP contribution < -0.4 is 0 Å². The van der Waals surface area contributed by atoms with Crippen LogP contribution in [0.25, 0.3) is 0 Å². The molecule has 1 heterocycles. The van der Waals surface area contributed by atoms with E-state index in [1.165, 1.54) is 12.1 Å². The van der Waals surface area contributed by atoms with Gasteiger partial charge in [-0.05, 0) is 36.2 Å². The summed E-state index contributed by atoms with van der Waals surface area (Å²) in [5, 5.41) is 11.8. The summed E-state index contributed by atoms with van der Waals surface area (Å²) in [6.07, 6.45) is 3.76.